The van der Waals surface area contributed by atoms with E-state index in [1.54, 1.807) is 40.4 Å². The topological polar surface area (TPSA) is 62.3 Å². The van der Waals surface area contributed by atoms with Gasteiger partial charge in [-0.05, 0) is 35.6 Å². The maximum atomic E-state index is 12.2. The molecule has 1 saturated heterocycles. The Hall–Kier alpha value is -1.86. The van der Waals surface area contributed by atoms with E-state index in [0.29, 0.717) is 12.3 Å². The zero-order chi connectivity index (χ0) is 16.2. The molecule has 2 aromatic rings. The second kappa shape index (κ2) is 7.14. The van der Waals surface area contributed by atoms with E-state index in [-0.39, 0.29) is 23.7 Å². The van der Waals surface area contributed by atoms with E-state index in [4.69, 9.17) is 0 Å². The van der Waals surface area contributed by atoms with Gasteiger partial charge in [-0.2, -0.15) is 0 Å². The Morgan fingerprint density at radius 2 is 2.35 bits per heavy atom. The maximum Gasteiger partial charge on any atom is 0.239 e. The number of amides is 2. The van der Waals surface area contributed by atoms with Gasteiger partial charge >= 0.3 is 0 Å². The van der Waals surface area contributed by atoms with Crippen molar-refractivity contribution in [1.29, 1.82) is 0 Å². The molecule has 1 fully saturated rings. The SMILES string of the molecule is Cc1ccsc1C1SCC(=O)N1CC(=O)NCc1cccnc1. The number of nitrogens with zero attached hydrogens (tertiary/aromatic N) is 2. The number of carbonyl (C=O) groups excluding carboxylic acids is 2. The van der Waals surface area contributed by atoms with Crippen LogP contribution in [-0.4, -0.2) is 34.0 Å². The number of thioether (sulfide) groups is 1. The van der Waals surface area contributed by atoms with Crippen LogP contribution < -0.4 is 5.32 Å². The minimum absolute atomic E-state index is 0.0179. The van der Waals surface area contributed by atoms with Crippen LogP contribution in [0.3, 0.4) is 0 Å². The van der Waals surface area contributed by atoms with Gasteiger partial charge in [-0.15, -0.1) is 23.1 Å². The molecule has 5 nitrogen and oxygen atoms in total. The van der Waals surface area contributed by atoms with Crippen LogP contribution >= 0.6 is 23.1 Å². The molecule has 23 heavy (non-hydrogen) atoms. The average Bonchev–Trinajstić information content (AvgIpc) is 3.13. The van der Waals surface area contributed by atoms with Crippen LogP contribution in [-0.2, 0) is 16.1 Å². The molecule has 0 spiro atoms. The van der Waals surface area contributed by atoms with Crippen molar-refractivity contribution >= 4 is 34.9 Å². The third-order valence-electron chi connectivity index (χ3n) is 3.62. The number of rotatable bonds is 5. The van der Waals surface area contributed by atoms with Gasteiger partial charge in [-0.25, -0.2) is 0 Å². The fraction of sp³-hybridized carbons (Fsp3) is 0.312. The van der Waals surface area contributed by atoms with Gasteiger partial charge in [-0.3, -0.25) is 14.6 Å². The first kappa shape index (κ1) is 16.0. The average molecular weight is 347 g/mol. The van der Waals surface area contributed by atoms with Crippen molar-refractivity contribution in [2.75, 3.05) is 12.3 Å². The fourth-order valence-electron chi connectivity index (χ4n) is 2.39. The Balaban J connectivity index is 1.62. The monoisotopic (exact) mass is 347 g/mol. The van der Waals surface area contributed by atoms with Gasteiger partial charge < -0.3 is 10.2 Å². The molecule has 1 N–H and O–H groups in total. The molecule has 2 amide bonds. The zero-order valence-electron chi connectivity index (χ0n) is 12.7. The third kappa shape index (κ3) is 3.73. The standard InChI is InChI=1S/C16H17N3O2S2/c1-11-4-6-22-15(11)16-19(14(21)10-23-16)9-13(20)18-8-12-3-2-5-17-7-12/h2-7,16H,8-10H2,1H3,(H,18,20). The summed E-state index contributed by atoms with van der Waals surface area (Å²) in [6.45, 7) is 2.55. The van der Waals surface area contributed by atoms with Crippen LogP contribution in [0.15, 0.2) is 36.0 Å². The van der Waals surface area contributed by atoms with Gasteiger partial charge in [-0.1, -0.05) is 6.07 Å². The highest BCUT2D eigenvalue weighted by Crippen LogP contribution is 2.41. The summed E-state index contributed by atoms with van der Waals surface area (Å²) in [6, 6.07) is 5.78. The lowest BCUT2D eigenvalue weighted by Crippen LogP contribution is -2.39. The first-order chi connectivity index (χ1) is 11.1. The molecule has 0 bridgehead atoms. The quantitative estimate of drug-likeness (QED) is 0.902. The van der Waals surface area contributed by atoms with E-state index >= 15 is 0 Å². The summed E-state index contributed by atoms with van der Waals surface area (Å²) in [5, 5.41) is 4.82. The Morgan fingerprint density at radius 1 is 1.48 bits per heavy atom. The van der Waals surface area contributed by atoms with Crippen LogP contribution in [0.2, 0.25) is 0 Å². The van der Waals surface area contributed by atoms with Crippen LogP contribution in [0.25, 0.3) is 0 Å². The van der Waals surface area contributed by atoms with E-state index in [0.717, 1.165) is 10.4 Å². The second-order valence-electron chi connectivity index (χ2n) is 5.29. The number of thiophene rings is 1. The molecule has 2 aromatic heterocycles. The Morgan fingerprint density at radius 3 is 3.04 bits per heavy atom. The summed E-state index contributed by atoms with van der Waals surface area (Å²) >= 11 is 3.22. The molecule has 0 radical (unpaired) electrons. The minimum atomic E-state index is -0.149. The summed E-state index contributed by atoms with van der Waals surface area (Å²) in [5.74, 6) is 0.297. The van der Waals surface area contributed by atoms with Crippen molar-refractivity contribution in [2.24, 2.45) is 0 Å². The lowest BCUT2D eigenvalue weighted by molar-refractivity contribution is -0.133. The largest absolute Gasteiger partial charge is 0.350 e. The Labute approximate surface area is 143 Å². The molecule has 1 atom stereocenters. The predicted molar refractivity (Wildman–Crippen MR) is 92.1 cm³/mol. The van der Waals surface area contributed by atoms with Crippen LogP contribution in [0, 0.1) is 6.92 Å². The molecule has 7 heteroatoms. The molecular formula is C16H17N3O2S2. The van der Waals surface area contributed by atoms with Gasteiger partial charge in [0.05, 0.1) is 5.75 Å². The van der Waals surface area contributed by atoms with Gasteiger partial charge in [0.1, 0.15) is 11.9 Å². The number of aryl methyl sites for hydroxylation is 1. The number of carbonyl (C=O) groups is 2. The van der Waals surface area contributed by atoms with Crippen molar-refractivity contribution in [3.63, 3.8) is 0 Å². The van der Waals surface area contributed by atoms with Crippen molar-refractivity contribution in [3.8, 4) is 0 Å². The van der Waals surface area contributed by atoms with Crippen LogP contribution in [0.5, 0.6) is 0 Å². The predicted octanol–water partition coefficient (Wildman–Crippen LogP) is 2.34. The van der Waals surface area contributed by atoms with E-state index in [1.165, 1.54) is 5.56 Å². The van der Waals surface area contributed by atoms with E-state index in [9.17, 15) is 9.59 Å². The number of pyridine rings is 1. The first-order valence-electron chi connectivity index (χ1n) is 7.26. The van der Waals surface area contributed by atoms with Crippen molar-refractivity contribution in [2.45, 2.75) is 18.8 Å². The smallest absolute Gasteiger partial charge is 0.239 e. The molecule has 0 saturated carbocycles. The fourth-order valence-corrected chi connectivity index (χ4v) is 4.86. The maximum absolute atomic E-state index is 12.2. The molecule has 3 heterocycles. The Bertz CT molecular complexity index is 702. The van der Waals surface area contributed by atoms with Crippen molar-refractivity contribution < 1.29 is 9.59 Å². The number of hydrogen-bond acceptors (Lipinski definition) is 5. The summed E-state index contributed by atoms with van der Waals surface area (Å²) < 4.78 is 0. The normalized spacial score (nSPS) is 17.5. The number of nitrogens with one attached hydrogen (secondary N) is 1. The number of hydrogen-bond donors (Lipinski definition) is 1. The summed E-state index contributed by atoms with van der Waals surface area (Å²) in [6.07, 6.45) is 3.41. The highest BCUT2D eigenvalue weighted by molar-refractivity contribution is 8.00. The van der Waals surface area contributed by atoms with Gasteiger partial charge in [0.25, 0.3) is 0 Å². The summed E-state index contributed by atoms with van der Waals surface area (Å²) in [7, 11) is 0. The van der Waals surface area contributed by atoms with Gasteiger partial charge in [0.2, 0.25) is 11.8 Å². The number of aromatic nitrogens is 1. The van der Waals surface area contributed by atoms with Crippen molar-refractivity contribution in [3.05, 3.63) is 52.0 Å². The van der Waals surface area contributed by atoms with Gasteiger partial charge in [0.15, 0.2) is 0 Å². The molecule has 120 valence electrons. The first-order valence-corrected chi connectivity index (χ1v) is 9.18. The second-order valence-corrected chi connectivity index (χ2v) is 7.31. The highest BCUT2D eigenvalue weighted by Gasteiger charge is 2.35. The van der Waals surface area contributed by atoms with Crippen molar-refractivity contribution in [1.82, 2.24) is 15.2 Å². The summed E-state index contributed by atoms with van der Waals surface area (Å²) in [4.78, 5) is 31.1. The zero-order valence-corrected chi connectivity index (χ0v) is 14.3. The molecule has 1 aliphatic heterocycles. The molecule has 1 unspecified atom stereocenters. The molecule has 0 aliphatic carbocycles. The molecule has 3 rings (SSSR count). The molecule has 1 aliphatic rings. The lowest BCUT2D eigenvalue weighted by Gasteiger charge is -2.23. The van der Waals surface area contributed by atoms with Crippen LogP contribution in [0.1, 0.15) is 21.4 Å². The lowest BCUT2D eigenvalue weighted by atomic mass is 10.2. The Kier molecular flexibility index (Phi) is 4.97. The third-order valence-corrected chi connectivity index (χ3v) is 6.06. The summed E-state index contributed by atoms with van der Waals surface area (Å²) in [5.41, 5.74) is 2.11. The van der Waals surface area contributed by atoms with E-state index < -0.39 is 0 Å². The van der Waals surface area contributed by atoms with E-state index in [2.05, 4.69) is 10.3 Å². The molecular weight excluding hydrogens is 330 g/mol. The van der Waals surface area contributed by atoms with E-state index in [1.807, 2.05) is 30.5 Å². The minimum Gasteiger partial charge on any atom is -0.350 e. The van der Waals surface area contributed by atoms with Gasteiger partial charge in [0, 0.05) is 23.8 Å². The molecule has 0 aromatic carbocycles. The highest BCUT2D eigenvalue weighted by atomic mass is 32.2. The van der Waals surface area contributed by atoms with Crippen LogP contribution in [0.4, 0.5) is 0 Å².